The largest absolute Gasteiger partial charge is 0.345 e. The van der Waals surface area contributed by atoms with Crippen molar-refractivity contribution in [2.24, 2.45) is 5.73 Å². The fraction of sp³-hybridized carbons (Fsp3) is 0.316. The van der Waals surface area contributed by atoms with Crippen molar-refractivity contribution < 1.29 is 13.2 Å². The molecule has 2 aromatic carbocycles. The molecule has 7 heteroatoms. The number of hydrogen-bond donors (Lipinski definition) is 2. The molecule has 0 heterocycles. The van der Waals surface area contributed by atoms with Gasteiger partial charge in [-0.3, -0.25) is 4.79 Å². The summed E-state index contributed by atoms with van der Waals surface area (Å²) in [4.78, 5) is 12.5. The van der Waals surface area contributed by atoms with Gasteiger partial charge in [-0.15, -0.1) is 12.4 Å². The predicted octanol–water partition coefficient (Wildman–Crippen LogP) is 2.84. The number of nitrogens with two attached hydrogens (primary N) is 1. The molecular weight excluding hydrogens is 372 g/mol. The molecule has 0 spiro atoms. The second-order valence-electron chi connectivity index (χ2n) is 6.27. The first-order valence-electron chi connectivity index (χ1n) is 8.17. The van der Waals surface area contributed by atoms with E-state index in [1.165, 1.54) is 6.26 Å². The SMILES string of the molecule is CC(N)CCC(=O)NC(c1ccccc1)c1cccc(S(C)(=O)=O)c1.Cl. The summed E-state index contributed by atoms with van der Waals surface area (Å²) >= 11 is 0. The maximum Gasteiger partial charge on any atom is 0.220 e. The summed E-state index contributed by atoms with van der Waals surface area (Å²) in [5.74, 6) is -0.115. The molecule has 3 N–H and O–H groups in total. The van der Waals surface area contributed by atoms with E-state index in [1.807, 2.05) is 43.3 Å². The Hall–Kier alpha value is -1.89. The molecule has 2 atom stereocenters. The minimum atomic E-state index is -3.32. The summed E-state index contributed by atoms with van der Waals surface area (Å²) in [6, 6.07) is 15.7. The van der Waals surface area contributed by atoms with Gasteiger partial charge >= 0.3 is 0 Å². The van der Waals surface area contributed by atoms with Gasteiger partial charge in [0.25, 0.3) is 0 Å². The van der Waals surface area contributed by atoms with Gasteiger partial charge in [-0.2, -0.15) is 0 Å². The van der Waals surface area contributed by atoms with E-state index in [0.717, 1.165) is 11.1 Å². The first kappa shape index (κ1) is 22.2. The average molecular weight is 397 g/mol. The molecular formula is C19H25ClN2O3S. The van der Waals surface area contributed by atoms with Crippen LogP contribution in [0.2, 0.25) is 0 Å². The van der Waals surface area contributed by atoms with Crippen molar-refractivity contribution in [1.82, 2.24) is 5.32 Å². The Bertz CT molecular complexity index is 824. The number of nitrogens with one attached hydrogen (secondary N) is 1. The van der Waals surface area contributed by atoms with Gasteiger partial charge in [0.2, 0.25) is 5.91 Å². The lowest BCUT2D eigenvalue weighted by molar-refractivity contribution is -0.121. The summed E-state index contributed by atoms with van der Waals surface area (Å²) < 4.78 is 23.7. The molecule has 0 fully saturated rings. The van der Waals surface area contributed by atoms with E-state index in [1.54, 1.807) is 18.2 Å². The Morgan fingerprint density at radius 1 is 1.08 bits per heavy atom. The van der Waals surface area contributed by atoms with Crippen LogP contribution in [0.3, 0.4) is 0 Å². The zero-order valence-corrected chi connectivity index (χ0v) is 16.5. The third-order valence-corrected chi connectivity index (χ3v) is 4.99. The number of halogens is 1. The van der Waals surface area contributed by atoms with Crippen molar-refractivity contribution in [3.05, 3.63) is 65.7 Å². The molecule has 142 valence electrons. The Balaban J connectivity index is 0.00000338. The minimum Gasteiger partial charge on any atom is -0.345 e. The second kappa shape index (κ2) is 9.71. The van der Waals surface area contributed by atoms with Crippen LogP contribution in [-0.2, 0) is 14.6 Å². The maximum atomic E-state index is 12.3. The zero-order valence-electron chi connectivity index (χ0n) is 14.9. The van der Waals surface area contributed by atoms with Gasteiger partial charge in [-0.25, -0.2) is 8.42 Å². The van der Waals surface area contributed by atoms with Gasteiger partial charge in [-0.1, -0.05) is 42.5 Å². The third-order valence-electron chi connectivity index (χ3n) is 3.88. The van der Waals surface area contributed by atoms with Crippen LogP contribution in [0, 0.1) is 0 Å². The van der Waals surface area contributed by atoms with Gasteiger partial charge in [-0.05, 0) is 36.6 Å². The van der Waals surface area contributed by atoms with Crippen LogP contribution >= 0.6 is 12.4 Å². The van der Waals surface area contributed by atoms with Crippen molar-refractivity contribution in [2.75, 3.05) is 6.26 Å². The van der Waals surface area contributed by atoms with Crippen LogP contribution in [0.15, 0.2) is 59.5 Å². The lowest BCUT2D eigenvalue weighted by Crippen LogP contribution is -2.30. The van der Waals surface area contributed by atoms with E-state index in [4.69, 9.17) is 5.73 Å². The highest BCUT2D eigenvalue weighted by Gasteiger charge is 2.19. The second-order valence-corrected chi connectivity index (χ2v) is 8.29. The van der Waals surface area contributed by atoms with Crippen molar-refractivity contribution in [1.29, 1.82) is 0 Å². The predicted molar refractivity (Wildman–Crippen MR) is 106 cm³/mol. The highest BCUT2D eigenvalue weighted by atomic mass is 35.5. The molecule has 0 bridgehead atoms. The number of carbonyl (C=O) groups excluding carboxylic acids is 1. The Morgan fingerprint density at radius 2 is 1.69 bits per heavy atom. The van der Waals surface area contributed by atoms with Crippen LogP contribution in [-0.4, -0.2) is 26.6 Å². The maximum absolute atomic E-state index is 12.3. The van der Waals surface area contributed by atoms with E-state index >= 15 is 0 Å². The molecule has 0 saturated carbocycles. The van der Waals surface area contributed by atoms with Gasteiger partial charge in [0.05, 0.1) is 10.9 Å². The van der Waals surface area contributed by atoms with E-state index in [9.17, 15) is 13.2 Å². The number of sulfone groups is 1. The van der Waals surface area contributed by atoms with Gasteiger partial charge in [0.15, 0.2) is 9.84 Å². The topological polar surface area (TPSA) is 89.3 Å². The lowest BCUT2D eigenvalue weighted by Gasteiger charge is -2.21. The quantitative estimate of drug-likeness (QED) is 0.753. The Kier molecular flexibility index (Phi) is 8.27. The van der Waals surface area contributed by atoms with Gasteiger partial charge < -0.3 is 11.1 Å². The first-order valence-corrected chi connectivity index (χ1v) is 10.1. The minimum absolute atomic E-state index is 0. The highest BCUT2D eigenvalue weighted by molar-refractivity contribution is 7.90. The summed E-state index contributed by atoms with van der Waals surface area (Å²) in [6.45, 7) is 1.86. The van der Waals surface area contributed by atoms with Crippen LogP contribution in [0.5, 0.6) is 0 Å². The molecule has 0 aliphatic carbocycles. The van der Waals surface area contributed by atoms with E-state index in [2.05, 4.69) is 5.32 Å². The number of benzene rings is 2. The molecule has 0 aromatic heterocycles. The lowest BCUT2D eigenvalue weighted by atomic mass is 9.98. The number of carbonyl (C=O) groups is 1. The fourth-order valence-corrected chi connectivity index (χ4v) is 3.20. The van der Waals surface area contributed by atoms with E-state index < -0.39 is 15.9 Å². The van der Waals surface area contributed by atoms with Gasteiger partial charge in [0.1, 0.15) is 0 Å². The number of rotatable bonds is 7. The molecule has 0 saturated heterocycles. The van der Waals surface area contributed by atoms with Crippen LogP contribution in [0.4, 0.5) is 0 Å². The number of hydrogen-bond acceptors (Lipinski definition) is 4. The summed E-state index contributed by atoms with van der Waals surface area (Å²) in [7, 11) is -3.32. The third kappa shape index (κ3) is 6.44. The van der Waals surface area contributed by atoms with Crippen LogP contribution in [0.1, 0.15) is 36.9 Å². The first-order chi connectivity index (χ1) is 11.8. The van der Waals surface area contributed by atoms with Crippen LogP contribution in [0.25, 0.3) is 0 Å². The van der Waals surface area contributed by atoms with Crippen molar-refractivity contribution in [3.63, 3.8) is 0 Å². The molecule has 2 unspecified atom stereocenters. The van der Waals surface area contributed by atoms with Crippen LogP contribution < -0.4 is 11.1 Å². The molecule has 0 aliphatic rings. The molecule has 0 radical (unpaired) electrons. The van der Waals surface area contributed by atoms with Crippen molar-refractivity contribution in [2.45, 2.75) is 36.7 Å². The fourth-order valence-electron chi connectivity index (χ4n) is 2.52. The Morgan fingerprint density at radius 3 is 2.27 bits per heavy atom. The van der Waals surface area contributed by atoms with Crippen molar-refractivity contribution >= 4 is 28.2 Å². The molecule has 2 aromatic rings. The molecule has 0 aliphatic heterocycles. The normalized spacial score (nSPS) is 13.3. The zero-order chi connectivity index (χ0) is 18.4. The standard InChI is InChI=1S/C19H24N2O3S.ClH/c1-14(20)11-12-18(22)21-19(15-7-4-3-5-8-15)16-9-6-10-17(13-16)25(2,23)24;/h3-10,13-14,19H,11-12,20H2,1-2H3,(H,21,22);1H. The monoisotopic (exact) mass is 396 g/mol. The molecule has 26 heavy (non-hydrogen) atoms. The van der Waals surface area contributed by atoms with Gasteiger partial charge in [0, 0.05) is 18.7 Å². The summed E-state index contributed by atoms with van der Waals surface area (Å²) in [5.41, 5.74) is 7.33. The highest BCUT2D eigenvalue weighted by Crippen LogP contribution is 2.24. The number of amides is 1. The average Bonchev–Trinajstić information content (AvgIpc) is 2.58. The molecule has 5 nitrogen and oxygen atoms in total. The smallest absolute Gasteiger partial charge is 0.220 e. The summed E-state index contributed by atoms with van der Waals surface area (Å²) in [5, 5.41) is 2.99. The van der Waals surface area contributed by atoms with E-state index in [0.29, 0.717) is 12.8 Å². The van der Waals surface area contributed by atoms with E-state index in [-0.39, 0.29) is 29.3 Å². The molecule has 1 amide bonds. The summed E-state index contributed by atoms with van der Waals surface area (Å²) in [6.07, 6.45) is 2.09. The Labute approximate surface area is 161 Å². The molecule has 2 rings (SSSR count). The van der Waals surface area contributed by atoms with Crippen molar-refractivity contribution in [3.8, 4) is 0 Å².